The topological polar surface area (TPSA) is 88.2 Å². The average Bonchev–Trinajstić information content (AvgIpc) is 3.15. The van der Waals surface area contributed by atoms with Gasteiger partial charge in [-0.15, -0.1) is 0 Å². The predicted octanol–water partition coefficient (Wildman–Crippen LogP) is 4.51. The van der Waals surface area contributed by atoms with Crippen molar-refractivity contribution in [2.24, 2.45) is 0 Å². The molecule has 1 amide bonds. The van der Waals surface area contributed by atoms with E-state index in [-0.39, 0.29) is 21.6 Å². The Balaban J connectivity index is 1.44. The van der Waals surface area contributed by atoms with Gasteiger partial charge in [0.25, 0.3) is 15.9 Å². The lowest BCUT2D eigenvalue weighted by Gasteiger charge is -2.25. The molecule has 0 saturated carbocycles. The van der Waals surface area contributed by atoms with Gasteiger partial charge in [-0.25, -0.2) is 8.42 Å². The fourth-order valence-electron chi connectivity index (χ4n) is 4.19. The number of ether oxygens (including phenoxy) is 2. The van der Waals surface area contributed by atoms with Gasteiger partial charge in [0, 0.05) is 42.5 Å². The maximum absolute atomic E-state index is 13.2. The molecule has 1 aliphatic heterocycles. The van der Waals surface area contributed by atoms with E-state index >= 15 is 0 Å². The molecule has 3 aromatic rings. The number of benzene rings is 3. The average molecular weight is 530 g/mol. The Morgan fingerprint density at radius 1 is 0.889 bits per heavy atom. The molecule has 1 aliphatic rings. The molecule has 0 bridgehead atoms. The van der Waals surface area contributed by atoms with Gasteiger partial charge >= 0.3 is 0 Å². The molecule has 3 aromatic carbocycles. The molecule has 0 aromatic heterocycles. The molecule has 0 aliphatic carbocycles. The number of amides is 1. The summed E-state index contributed by atoms with van der Waals surface area (Å²) in [4.78, 5) is 17.2. The van der Waals surface area contributed by atoms with E-state index in [0.717, 1.165) is 24.4 Å². The highest BCUT2D eigenvalue weighted by Crippen LogP contribution is 2.30. The summed E-state index contributed by atoms with van der Waals surface area (Å²) in [7, 11) is -0.901. The predicted molar refractivity (Wildman–Crippen MR) is 141 cm³/mol. The van der Waals surface area contributed by atoms with Crippen LogP contribution < -0.4 is 19.1 Å². The summed E-state index contributed by atoms with van der Waals surface area (Å²) in [5, 5.41) is 0.277. The van der Waals surface area contributed by atoms with Gasteiger partial charge < -0.3 is 19.3 Å². The zero-order valence-corrected chi connectivity index (χ0v) is 21.7. The van der Waals surface area contributed by atoms with Crippen LogP contribution in [0.3, 0.4) is 0 Å². The second kappa shape index (κ2) is 11.1. The summed E-state index contributed by atoms with van der Waals surface area (Å²) in [5.41, 5.74) is 1.83. The molecule has 1 saturated heterocycles. The van der Waals surface area contributed by atoms with E-state index in [0.29, 0.717) is 30.9 Å². The third kappa shape index (κ3) is 5.68. The third-order valence-corrected chi connectivity index (χ3v) is 7.65. The molecular weight excluding hydrogens is 502 g/mol. The Hall–Kier alpha value is -3.43. The lowest BCUT2D eigenvalue weighted by atomic mass is 10.2. The first-order valence-electron chi connectivity index (χ1n) is 11.5. The summed E-state index contributed by atoms with van der Waals surface area (Å²) >= 11 is 5.98. The quantitative estimate of drug-likeness (QED) is 0.484. The smallest absolute Gasteiger partial charge is 0.265 e. The number of carbonyl (C=O) groups excluding carboxylic acids is 1. The number of hydrogen-bond acceptors (Lipinski definition) is 6. The van der Waals surface area contributed by atoms with Crippen molar-refractivity contribution in [2.75, 3.05) is 50.0 Å². The Kier molecular flexibility index (Phi) is 7.91. The number of para-hydroxylation sites is 2. The summed E-state index contributed by atoms with van der Waals surface area (Å²) in [6.45, 7) is 2.70. The van der Waals surface area contributed by atoms with Gasteiger partial charge in [0.2, 0.25) is 0 Å². The van der Waals surface area contributed by atoms with Crippen molar-refractivity contribution in [1.82, 2.24) is 4.90 Å². The van der Waals surface area contributed by atoms with Crippen molar-refractivity contribution in [1.29, 1.82) is 0 Å². The Morgan fingerprint density at radius 2 is 1.61 bits per heavy atom. The lowest BCUT2D eigenvalue weighted by Crippen LogP contribution is -2.35. The van der Waals surface area contributed by atoms with Gasteiger partial charge in [0.05, 0.1) is 19.9 Å². The number of sulfonamides is 1. The number of anilines is 2. The van der Waals surface area contributed by atoms with Crippen molar-refractivity contribution in [2.45, 2.75) is 11.3 Å². The van der Waals surface area contributed by atoms with Crippen LogP contribution in [0.4, 0.5) is 11.4 Å². The van der Waals surface area contributed by atoms with Crippen LogP contribution in [0.1, 0.15) is 16.8 Å². The van der Waals surface area contributed by atoms with E-state index in [9.17, 15) is 13.2 Å². The standard InChI is InChI=1S/C26H28ClN3O5S/c1-34-23-7-4-3-6-22(23)29-14-5-15-30(17-16-29)26(31)19-8-11-21(12-9-19)28-36(32,33)25-18-20(27)10-13-24(25)35-2/h3-4,6-13,18,28H,5,14-17H2,1-2H3. The Labute approximate surface area is 216 Å². The summed E-state index contributed by atoms with van der Waals surface area (Å²) < 4.78 is 39.0. The number of methoxy groups -OCH3 is 2. The number of nitrogens with one attached hydrogen (secondary N) is 1. The van der Waals surface area contributed by atoms with Gasteiger partial charge in [0.15, 0.2) is 0 Å². The van der Waals surface area contributed by atoms with Crippen LogP contribution in [0.2, 0.25) is 5.02 Å². The second-order valence-electron chi connectivity index (χ2n) is 8.28. The van der Waals surface area contributed by atoms with E-state index in [4.69, 9.17) is 21.1 Å². The van der Waals surface area contributed by atoms with Gasteiger partial charge in [-0.1, -0.05) is 23.7 Å². The van der Waals surface area contributed by atoms with Crippen LogP contribution in [-0.4, -0.2) is 59.6 Å². The maximum Gasteiger partial charge on any atom is 0.265 e. The molecule has 10 heteroatoms. The fourth-order valence-corrected chi connectivity index (χ4v) is 5.68. The second-order valence-corrected chi connectivity index (χ2v) is 10.4. The molecule has 0 spiro atoms. The fraction of sp³-hybridized carbons (Fsp3) is 0.269. The van der Waals surface area contributed by atoms with E-state index < -0.39 is 10.0 Å². The van der Waals surface area contributed by atoms with Gasteiger partial charge in [-0.05, 0) is 61.0 Å². The molecule has 1 N–H and O–H groups in total. The first kappa shape index (κ1) is 25.7. The van der Waals surface area contributed by atoms with Crippen molar-refractivity contribution < 1.29 is 22.7 Å². The number of rotatable bonds is 7. The van der Waals surface area contributed by atoms with Crippen molar-refractivity contribution >= 4 is 38.9 Å². The largest absolute Gasteiger partial charge is 0.495 e. The summed E-state index contributed by atoms with van der Waals surface area (Å²) in [6, 6.07) is 18.6. The number of hydrogen-bond donors (Lipinski definition) is 1. The van der Waals surface area contributed by atoms with E-state index in [1.54, 1.807) is 37.4 Å². The normalized spacial score (nSPS) is 14.2. The monoisotopic (exact) mass is 529 g/mol. The highest BCUT2D eigenvalue weighted by atomic mass is 35.5. The number of carbonyl (C=O) groups is 1. The van der Waals surface area contributed by atoms with E-state index in [1.807, 2.05) is 29.2 Å². The van der Waals surface area contributed by atoms with Crippen molar-refractivity contribution in [3.05, 3.63) is 77.3 Å². The van der Waals surface area contributed by atoms with Gasteiger partial charge in [0.1, 0.15) is 16.4 Å². The molecule has 1 fully saturated rings. The van der Waals surface area contributed by atoms with Crippen LogP contribution in [0.25, 0.3) is 0 Å². The summed E-state index contributed by atoms with van der Waals surface area (Å²) in [6.07, 6.45) is 0.823. The van der Waals surface area contributed by atoms with Gasteiger partial charge in [-0.3, -0.25) is 9.52 Å². The zero-order valence-electron chi connectivity index (χ0n) is 20.1. The van der Waals surface area contributed by atoms with Crippen LogP contribution in [0, 0.1) is 0 Å². The molecule has 0 radical (unpaired) electrons. The molecule has 8 nitrogen and oxygen atoms in total. The number of nitrogens with zero attached hydrogens (tertiary/aromatic N) is 2. The van der Waals surface area contributed by atoms with Crippen LogP contribution in [-0.2, 0) is 10.0 Å². The van der Waals surface area contributed by atoms with Crippen molar-refractivity contribution in [3.8, 4) is 11.5 Å². The lowest BCUT2D eigenvalue weighted by molar-refractivity contribution is 0.0767. The molecule has 0 atom stereocenters. The van der Waals surface area contributed by atoms with E-state index in [2.05, 4.69) is 9.62 Å². The minimum absolute atomic E-state index is 0.0678. The zero-order chi connectivity index (χ0) is 25.7. The van der Waals surface area contributed by atoms with Crippen LogP contribution >= 0.6 is 11.6 Å². The Bertz CT molecular complexity index is 1330. The first-order chi connectivity index (χ1) is 17.3. The summed E-state index contributed by atoms with van der Waals surface area (Å²) in [5.74, 6) is 0.899. The molecule has 190 valence electrons. The Morgan fingerprint density at radius 3 is 2.33 bits per heavy atom. The molecule has 36 heavy (non-hydrogen) atoms. The van der Waals surface area contributed by atoms with E-state index in [1.165, 1.54) is 19.2 Å². The molecular formula is C26H28ClN3O5S. The molecule has 4 rings (SSSR count). The van der Waals surface area contributed by atoms with Crippen LogP contribution in [0.15, 0.2) is 71.6 Å². The molecule has 1 heterocycles. The first-order valence-corrected chi connectivity index (χ1v) is 13.3. The van der Waals surface area contributed by atoms with Crippen molar-refractivity contribution in [3.63, 3.8) is 0 Å². The third-order valence-electron chi connectivity index (χ3n) is 6.01. The highest BCUT2D eigenvalue weighted by Gasteiger charge is 2.23. The highest BCUT2D eigenvalue weighted by molar-refractivity contribution is 7.92. The SMILES string of the molecule is COc1ccccc1N1CCCN(C(=O)c2ccc(NS(=O)(=O)c3cc(Cl)ccc3OC)cc2)CC1. The number of halogens is 1. The minimum atomic E-state index is -3.95. The molecule has 0 unspecified atom stereocenters. The minimum Gasteiger partial charge on any atom is -0.495 e. The van der Waals surface area contributed by atoms with Gasteiger partial charge in [-0.2, -0.15) is 0 Å². The van der Waals surface area contributed by atoms with Crippen LogP contribution in [0.5, 0.6) is 11.5 Å². The maximum atomic E-state index is 13.2.